The van der Waals surface area contributed by atoms with E-state index in [1.165, 1.54) is 36.1 Å². The highest BCUT2D eigenvalue weighted by atomic mass is 32.2. The third-order valence-electron chi connectivity index (χ3n) is 4.89. The number of hydrogen-bond donors (Lipinski definition) is 4. The van der Waals surface area contributed by atoms with Crippen LogP contribution >= 0.6 is 0 Å². The number of anilines is 1. The molecule has 1 aromatic rings. The topological polar surface area (TPSA) is 179 Å². The standard InChI is InChI=1S/C20H26N4O8S/c1-12(21-18(28)13-5-7-14(8-6-13)23-33(2,31)32)20(30)24-9-3-4-16(24)19(29)22-15(11-25)10-17(26)27/h5-8,11-12,15-16,23H,3-4,9-10H2,1-2H3,(H,21,28)(H,22,29)(H,26,27)/t12-,15-,16?/m0/s1. The fourth-order valence-corrected chi connectivity index (χ4v) is 3.96. The first kappa shape index (κ1) is 25.8. The Morgan fingerprint density at radius 3 is 2.36 bits per heavy atom. The number of carboxylic acids is 1. The summed E-state index contributed by atoms with van der Waals surface area (Å²) in [6.07, 6.45) is 1.63. The maximum absolute atomic E-state index is 12.9. The molecular formula is C20H26N4O8S. The van der Waals surface area contributed by atoms with E-state index in [0.29, 0.717) is 19.1 Å². The number of nitrogens with one attached hydrogen (secondary N) is 3. The van der Waals surface area contributed by atoms with Crippen molar-refractivity contribution in [3.05, 3.63) is 29.8 Å². The number of likely N-dealkylation sites (tertiary alicyclic amines) is 1. The van der Waals surface area contributed by atoms with Crippen molar-refractivity contribution >= 4 is 45.7 Å². The molecule has 1 saturated heterocycles. The van der Waals surface area contributed by atoms with Gasteiger partial charge in [-0.15, -0.1) is 0 Å². The number of benzene rings is 1. The van der Waals surface area contributed by atoms with E-state index in [1.807, 2.05) is 0 Å². The van der Waals surface area contributed by atoms with E-state index in [1.54, 1.807) is 0 Å². The van der Waals surface area contributed by atoms with Gasteiger partial charge in [-0.1, -0.05) is 0 Å². The van der Waals surface area contributed by atoms with Crippen LogP contribution in [0.2, 0.25) is 0 Å². The molecule has 1 unspecified atom stereocenters. The minimum absolute atomic E-state index is 0.201. The molecule has 0 bridgehead atoms. The smallest absolute Gasteiger partial charge is 0.305 e. The number of hydrogen-bond acceptors (Lipinski definition) is 7. The Bertz CT molecular complexity index is 1030. The molecule has 3 amide bonds. The predicted molar refractivity (Wildman–Crippen MR) is 117 cm³/mol. The zero-order valence-corrected chi connectivity index (χ0v) is 18.9. The highest BCUT2D eigenvalue weighted by Gasteiger charge is 2.37. The van der Waals surface area contributed by atoms with E-state index in [-0.39, 0.29) is 17.8 Å². The normalized spacial score (nSPS) is 17.5. The van der Waals surface area contributed by atoms with Gasteiger partial charge in [-0.3, -0.25) is 23.9 Å². The van der Waals surface area contributed by atoms with Crippen molar-refractivity contribution in [1.29, 1.82) is 0 Å². The number of aliphatic carboxylic acids is 1. The van der Waals surface area contributed by atoms with Crippen molar-refractivity contribution in [2.24, 2.45) is 0 Å². The van der Waals surface area contributed by atoms with Crippen LogP contribution in [-0.2, 0) is 29.2 Å². The molecule has 3 atom stereocenters. The van der Waals surface area contributed by atoms with Crippen molar-refractivity contribution in [2.75, 3.05) is 17.5 Å². The monoisotopic (exact) mass is 482 g/mol. The van der Waals surface area contributed by atoms with Crippen LogP contribution in [0.4, 0.5) is 5.69 Å². The first-order valence-electron chi connectivity index (χ1n) is 10.1. The van der Waals surface area contributed by atoms with Gasteiger partial charge in [0, 0.05) is 17.8 Å². The summed E-state index contributed by atoms with van der Waals surface area (Å²) in [7, 11) is -3.46. The summed E-state index contributed by atoms with van der Waals surface area (Å²) in [5.74, 6) is -2.95. The molecule has 180 valence electrons. The lowest BCUT2D eigenvalue weighted by molar-refractivity contribution is -0.141. The Kier molecular flexibility index (Phi) is 8.51. The number of amides is 3. The SMILES string of the molecule is C[C@H](NC(=O)c1ccc(NS(C)(=O)=O)cc1)C(=O)N1CCCC1C(=O)N[C@H](C=O)CC(=O)O. The summed E-state index contributed by atoms with van der Waals surface area (Å²) in [4.78, 5) is 61.0. The summed E-state index contributed by atoms with van der Waals surface area (Å²) in [6.45, 7) is 1.74. The Hall–Kier alpha value is -3.48. The second-order valence-electron chi connectivity index (χ2n) is 7.69. The maximum atomic E-state index is 12.9. The molecule has 0 saturated carbocycles. The number of nitrogens with zero attached hydrogens (tertiary/aromatic N) is 1. The Morgan fingerprint density at radius 2 is 1.82 bits per heavy atom. The number of carbonyl (C=O) groups excluding carboxylic acids is 4. The van der Waals surface area contributed by atoms with Crippen LogP contribution < -0.4 is 15.4 Å². The van der Waals surface area contributed by atoms with E-state index in [2.05, 4.69) is 15.4 Å². The molecule has 1 aromatic carbocycles. The molecule has 0 aromatic heterocycles. The van der Waals surface area contributed by atoms with Crippen LogP contribution in [0.3, 0.4) is 0 Å². The first-order chi connectivity index (χ1) is 15.4. The molecule has 0 aliphatic carbocycles. The van der Waals surface area contributed by atoms with Crippen molar-refractivity contribution in [3.63, 3.8) is 0 Å². The van der Waals surface area contributed by atoms with Gasteiger partial charge in [0.25, 0.3) is 5.91 Å². The highest BCUT2D eigenvalue weighted by molar-refractivity contribution is 7.92. The fraction of sp³-hybridized carbons (Fsp3) is 0.450. The van der Waals surface area contributed by atoms with Gasteiger partial charge in [0.1, 0.15) is 18.4 Å². The quantitative estimate of drug-likeness (QED) is 0.317. The number of carboxylic acid groups (broad SMARTS) is 1. The molecule has 12 nitrogen and oxygen atoms in total. The lowest BCUT2D eigenvalue weighted by Crippen LogP contribution is -2.54. The number of carbonyl (C=O) groups is 5. The minimum Gasteiger partial charge on any atom is -0.481 e. The second kappa shape index (κ2) is 10.9. The number of sulfonamides is 1. The van der Waals surface area contributed by atoms with E-state index in [4.69, 9.17) is 5.11 Å². The first-order valence-corrected chi connectivity index (χ1v) is 12.0. The molecule has 33 heavy (non-hydrogen) atoms. The molecule has 4 N–H and O–H groups in total. The van der Waals surface area contributed by atoms with Crippen LogP contribution in [0.25, 0.3) is 0 Å². The van der Waals surface area contributed by atoms with Crippen molar-refractivity contribution in [3.8, 4) is 0 Å². The minimum atomic E-state index is -3.46. The average molecular weight is 483 g/mol. The Labute approximate surface area is 190 Å². The van der Waals surface area contributed by atoms with Crippen molar-refractivity contribution in [2.45, 2.75) is 44.3 Å². The third-order valence-corrected chi connectivity index (χ3v) is 5.50. The largest absolute Gasteiger partial charge is 0.481 e. The van der Waals surface area contributed by atoms with Gasteiger partial charge in [0.05, 0.1) is 18.7 Å². The summed E-state index contributed by atoms with van der Waals surface area (Å²) in [5.41, 5.74) is 0.479. The number of aldehydes is 1. The van der Waals surface area contributed by atoms with Gasteiger partial charge in [-0.05, 0) is 44.0 Å². The van der Waals surface area contributed by atoms with Crippen LogP contribution in [-0.4, -0.2) is 79.3 Å². The van der Waals surface area contributed by atoms with Gasteiger partial charge >= 0.3 is 5.97 Å². The molecule has 13 heteroatoms. The number of rotatable bonds is 10. The maximum Gasteiger partial charge on any atom is 0.305 e. The Balaban J connectivity index is 2.00. The lowest BCUT2D eigenvalue weighted by atomic mass is 10.1. The predicted octanol–water partition coefficient (Wildman–Crippen LogP) is -0.674. The molecule has 0 radical (unpaired) electrons. The van der Waals surface area contributed by atoms with E-state index in [0.717, 1.165) is 6.26 Å². The molecule has 1 aliphatic heterocycles. The zero-order chi connectivity index (χ0) is 24.8. The third kappa shape index (κ3) is 7.56. The second-order valence-corrected chi connectivity index (χ2v) is 9.43. The van der Waals surface area contributed by atoms with Crippen LogP contribution in [0.15, 0.2) is 24.3 Å². The summed E-state index contributed by atoms with van der Waals surface area (Å²) >= 11 is 0. The summed E-state index contributed by atoms with van der Waals surface area (Å²) in [6, 6.07) is 2.55. The highest BCUT2D eigenvalue weighted by Crippen LogP contribution is 2.19. The van der Waals surface area contributed by atoms with Gasteiger partial charge in [-0.2, -0.15) is 0 Å². The lowest BCUT2D eigenvalue weighted by Gasteiger charge is -2.27. The van der Waals surface area contributed by atoms with Gasteiger partial charge in [0.15, 0.2) is 0 Å². The van der Waals surface area contributed by atoms with E-state index in [9.17, 15) is 32.4 Å². The molecule has 2 rings (SSSR count). The van der Waals surface area contributed by atoms with Gasteiger partial charge in [0.2, 0.25) is 21.8 Å². The van der Waals surface area contributed by atoms with E-state index >= 15 is 0 Å². The fourth-order valence-electron chi connectivity index (χ4n) is 3.40. The zero-order valence-electron chi connectivity index (χ0n) is 18.1. The van der Waals surface area contributed by atoms with Crippen molar-refractivity contribution < 1.29 is 37.5 Å². The molecular weight excluding hydrogens is 456 g/mol. The van der Waals surface area contributed by atoms with E-state index < -0.39 is 58.3 Å². The van der Waals surface area contributed by atoms with Gasteiger partial charge < -0.3 is 25.4 Å². The molecule has 1 heterocycles. The molecule has 1 fully saturated rings. The molecule has 1 aliphatic rings. The van der Waals surface area contributed by atoms with Crippen LogP contribution in [0.5, 0.6) is 0 Å². The Morgan fingerprint density at radius 1 is 1.18 bits per heavy atom. The average Bonchev–Trinajstić information content (AvgIpc) is 3.21. The van der Waals surface area contributed by atoms with Crippen LogP contribution in [0.1, 0.15) is 36.5 Å². The molecule has 0 spiro atoms. The summed E-state index contributed by atoms with van der Waals surface area (Å²) in [5, 5.41) is 13.7. The van der Waals surface area contributed by atoms with Gasteiger partial charge in [-0.25, -0.2) is 8.42 Å². The summed E-state index contributed by atoms with van der Waals surface area (Å²) < 4.78 is 24.8. The van der Waals surface area contributed by atoms with Crippen LogP contribution in [0, 0.1) is 0 Å². The van der Waals surface area contributed by atoms with Crippen molar-refractivity contribution in [1.82, 2.24) is 15.5 Å².